The number of amides is 2. The molecular weight excluding hydrogens is 455 g/mol. The molecule has 0 radical (unpaired) electrons. The molecule has 2 aromatic rings. The number of rotatable bonds is 3. The van der Waals surface area contributed by atoms with Gasteiger partial charge < -0.3 is 30.1 Å². The molecule has 0 saturated heterocycles. The number of benzene rings is 2. The van der Waals surface area contributed by atoms with Gasteiger partial charge in [0.05, 0.1) is 0 Å². The molecule has 0 spiro atoms. The van der Waals surface area contributed by atoms with Crippen LogP contribution < -0.4 is 33.9 Å². The van der Waals surface area contributed by atoms with Crippen molar-refractivity contribution in [3.63, 3.8) is 0 Å². The molecule has 0 bridgehead atoms. The first kappa shape index (κ1) is 28.7. The van der Waals surface area contributed by atoms with Crippen LogP contribution in [0.4, 0.5) is 0 Å². The van der Waals surface area contributed by atoms with Crippen molar-refractivity contribution in [3.05, 3.63) is 71.8 Å². The molecule has 30 heavy (non-hydrogen) atoms. The second-order valence-electron chi connectivity index (χ2n) is 8.15. The van der Waals surface area contributed by atoms with Gasteiger partial charge in [0.1, 0.15) is 0 Å². The Labute approximate surface area is 204 Å². The van der Waals surface area contributed by atoms with E-state index in [-0.39, 0.29) is 36.6 Å². The van der Waals surface area contributed by atoms with Gasteiger partial charge in [-0.25, -0.2) is 0 Å². The van der Waals surface area contributed by atoms with Crippen molar-refractivity contribution in [3.8, 4) is 0 Å². The topological polar surface area (TPSA) is 58.2 Å². The van der Waals surface area contributed by atoms with E-state index in [0.29, 0.717) is 22.9 Å². The molecule has 2 aromatic carbocycles. The Kier molecular flexibility index (Phi) is 13.3. The quantitative estimate of drug-likeness (QED) is 0.523. The fourth-order valence-electron chi connectivity index (χ4n) is 3.41. The van der Waals surface area contributed by atoms with Gasteiger partial charge in [-0.2, -0.15) is 0 Å². The van der Waals surface area contributed by atoms with Gasteiger partial charge in [-0.1, -0.05) is 39.0 Å². The van der Waals surface area contributed by atoms with Gasteiger partial charge in [0.25, 0.3) is 5.91 Å². The molecule has 0 aromatic heterocycles. The summed E-state index contributed by atoms with van der Waals surface area (Å²) in [7, 11) is 0. The number of nitrogens with one attached hydrogen (secondary N) is 2. The zero-order valence-corrected chi connectivity index (χ0v) is 20.7. The Balaban J connectivity index is 0.000000604. The minimum Gasteiger partial charge on any atom is -1.00 e. The first-order valence-electron chi connectivity index (χ1n) is 9.70. The van der Waals surface area contributed by atoms with Gasteiger partial charge in [-0.15, -0.1) is 0 Å². The minimum absolute atomic E-state index is 0. The Morgan fingerprint density at radius 2 is 1.37 bits per heavy atom. The van der Waals surface area contributed by atoms with Crippen LogP contribution in [-0.2, 0) is 20.7 Å². The van der Waals surface area contributed by atoms with Gasteiger partial charge in [0, 0.05) is 11.6 Å². The van der Waals surface area contributed by atoms with Crippen LogP contribution in [0.1, 0.15) is 60.7 Å². The fraction of sp³-hybridized carbons (Fsp3) is 0.391. The third-order valence-electron chi connectivity index (χ3n) is 5.24. The maximum absolute atomic E-state index is 12.2. The largest absolute Gasteiger partial charge is 1.00 e. The van der Waals surface area contributed by atoms with Crippen LogP contribution in [0.15, 0.2) is 60.7 Å². The Morgan fingerprint density at radius 3 is 1.83 bits per heavy atom. The van der Waals surface area contributed by atoms with Crippen LogP contribution in [0.25, 0.3) is 0 Å². The molecule has 1 aliphatic rings. The second-order valence-corrected chi connectivity index (χ2v) is 8.54. The number of halogens is 2. The van der Waals surface area contributed by atoms with E-state index < -0.39 is 0 Å². The molecular formula is C23H29Cl2N2O2Ti. The molecule has 1 aliphatic carbocycles. The van der Waals surface area contributed by atoms with E-state index >= 15 is 0 Å². The third kappa shape index (κ3) is 9.22. The van der Waals surface area contributed by atoms with E-state index in [1.165, 1.54) is 12.8 Å². The summed E-state index contributed by atoms with van der Waals surface area (Å²) in [6, 6.07) is 18.9. The number of hydrogen-bond donors (Lipinski definition) is 2. The SMILES string of the molecule is CC1CCC(C)(C)CC1NC(=O)c1ccccc1.O=C([NH][Ti+2])c1ccccc1.[Cl-].[Cl-]. The summed E-state index contributed by atoms with van der Waals surface area (Å²) in [4.78, 5) is 23.1. The van der Waals surface area contributed by atoms with Crippen molar-refractivity contribution in [2.24, 2.45) is 11.3 Å². The summed E-state index contributed by atoms with van der Waals surface area (Å²) in [6.45, 7) is 6.83. The van der Waals surface area contributed by atoms with Crippen LogP contribution in [-0.4, -0.2) is 17.9 Å². The maximum atomic E-state index is 12.2. The number of carbonyl (C=O) groups is 2. The van der Waals surface area contributed by atoms with E-state index in [1.54, 1.807) is 32.8 Å². The third-order valence-corrected chi connectivity index (χ3v) is 5.59. The summed E-state index contributed by atoms with van der Waals surface area (Å²) < 4.78 is 2.54. The predicted octanol–water partition coefficient (Wildman–Crippen LogP) is -1.48. The van der Waals surface area contributed by atoms with E-state index in [4.69, 9.17) is 0 Å². The van der Waals surface area contributed by atoms with E-state index in [2.05, 4.69) is 29.9 Å². The van der Waals surface area contributed by atoms with E-state index in [9.17, 15) is 9.59 Å². The smallest absolute Gasteiger partial charge is 1.00 e. The van der Waals surface area contributed by atoms with E-state index in [0.717, 1.165) is 12.0 Å². The summed E-state index contributed by atoms with van der Waals surface area (Å²) >= 11 is 1.62. The van der Waals surface area contributed by atoms with Crippen LogP contribution >= 0.6 is 0 Å². The van der Waals surface area contributed by atoms with Crippen molar-refractivity contribution in [1.29, 1.82) is 0 Å². The molecule has 2 N–H and O–H groups in total. The summed E-state index contributed by atoms with van der Waals surface area (Å²) in [6.07, 6.45) is 3.53. The van der Waals surface area contributed by atoms with Crippen molar-refractivity contribution < 1.29 is 55.1 Å². The molecule has 4 nitrogen and oxygen atoms in total. The molecule has 161 valence electrons. The molecule has 0 aliphatic heterocycles. The van der Waals surface area contributed by atoms with Crippen molar-refractivity contribution in [1.82, 2.24) is 9.12 Å². The van der Waals surface area contributed by atoms with Crippen molar-refractivity contribution in [2.45, 2.75) is 46.1 Å². The van der Waals surface area contributed by atoms with Gasteiger partial charge >= 0.3 is 71.1 Å². The Hall–Kier alpha value is -1.33. The summed E-state index contributed by atoms with van der Waals surface area (Å²) in [5, 5.41) is 3.20. The van der Waals surface area contributed by atoms with E-state index in [1.807, 2.05) is 48.5 Å². The van der Waals surface area contributed by atoms with Gasteiger partial charge in [0.15, 0.2) is 0 Å². The fourth-order valence-corrected chi connectivity index (χ4v) is 3.64. The van der Waals surface area contributed by atoms with Crippen LogP contribution in [0.3, 0.4) is 0 Å². The van der Waals surface area contributed by atoms with Gasteiger partial charge in [-0.3, -0.25) is 4.79 Å². The molecule has 2 atom stereocenters. The monoisotopic (exact) mass is 483 g/mol. The molecule has 0 heterocycles. The Bertz CT molecular complexity index is 773. The number of hydrogen-bond acceptors (Lipinski definition) is 2. The van der Waals surface area contributed by atoms with Crippen molar-refractivity contribution >= 4 is 11.8 Å². The molecule has 2 amide bonds. The molecule has 7 heteroatoms. The number of carbonyl (C=O) groups excluding carboxylic acids is 2. The standard InChI is InChI=1S/C16H23NO.C7H7NO.2ClH.Ti/c1-12-9-10-16(2,3)11-14(12)17-15(18)13-7-5-4-6-8-13;8-7(9)6-4-2-1-3-5-6;;;/h4-8,12,14H,9-11H2,1-3H3,(H,17,18);1-5H,(H2,8,9);2*1H;/q;;;;+3/p-3. The van der Waals surface area contributed by atoms with Crippen molar-refractivity contribution in [2.75, 3.05) is 0 Å². The predicted molar refractivity (Wildman–Crippen MR) is 108 cm³/mol. The zero-order valence-electron chi connectivity index (χ0n) is 17.6. The average Bonchev–Trinajstić information content (AvgIpc) is 2.72. The van der Waals surface area contributed by atoms with Crippen LogP contribution in [0, 0.1) is 11.3 Å². The normalized spacial score (nSPS) is 19.0. The van der Waals surface area contributed by atoms with Crippen LogP contribution in [0.2, 0.25) is 0 Å². The Morgan fingerprint density at radius 1 is 0.900 bits per heavy atom. The average molecular weight is 484 g/mol. The van der Waals surface area contributed by atoms with Gasteiger partial charge in [0.2, 0.25) is 0 Å². The summed E-state index contributed by atoms with van der Waals surface area (Å²) in [5.74, 6) is 0.594. The molecule has 2 unspecified atom stereocenters. The second kappa shape index (κ2) is 13.9. The first-order valence-corrected chi connectivity index (χ1v) is 10.5. The van der Waals surface area contributed by atoms with Crippen LogP contribution in [0.5, 0.6) is 0 Å². The maximum Gasteiger partial charge on any atom is -1.00 e. The first-order chi connectivity index (χ1) is 13.3. The van der Waals surface area contributed by atoms with Gasteiger partial charge in [-0.05, 0) is 42.7 Å². The molecule has 1 saturated carbocycles. The molecule has 1 fully saturated rings. The summed E-state index contributed by atoms with van der Waals surface area (Å²) in [5.41, 5.74) is 1.80. The molecule has 3 rings (SSSR count). The zero-order chi connectivity index (χ0) is 20.6. The minimum atomic E-state index is -0.0411.